The number of anilines is 1. The molecular weight excluding hydrogens is 382 g/mol. The molecule has 0 radical (unpaired) electrons. The second kappa shape index (κ2) is 7.01. The van der Waals surface area contributed by atoms with E-state index in [4.69, 9.17) is 5.73 Å². The molecule has 7 nitrogen and oxygen atoms in total. The average molecular weight is 397 g/mol. The highest BCUT2D eigenvalue weighted by molar-refractivity contribution is 8.00. The number of rotatable bonds is 5. The van der Waals surface area contributed by atoms with Gasteiger partial charge in [-0.1, -0.05) is 35.2 Å². The maximum atomic E-state index is 12.5. The summed E-state index contributed by atoms with van der Waals surface area (Å²) in [5.74, 6) is -0.668. The van der Waals surface area contributed by atoms with Crippen molar-refractivity contribution in [3.8, 4) is 0 Å². The van der Waals surface area contributed by atoms with Crippen LogP contribution in [0.3, 0.4) is 0 Å². The number of primary amides is 1. The fourth-order valence-corrected chi connectivity index (χ4v) is 4.49. The number of fused-ring (bicyclic) bond motifs is 3. The van der Waals surface area contributed by atoms with E-state index in [0.29, 0.717) is 16.4 Å². The van der Waals surface area contributed by atoms with E-state index in [9.17, 15) is 9.59 Å². The summed E-state index contributed by atoms with van der Waals surface area (Å²) in [6, 6.07) is 14.5. The molecule has 0 aliphatic heterocycles. The number of nitrogens with one attached hydrogen (secondary N) is 1. The summed E-state index contributed by atoms with van der Waals surface area (Å²) < 4.78 is 3.09. The number of carbonyl (C=O) groups excluding carboxylic acids is 2. The van der Waals surface area contributed by atoms with E-state index < -0.39 is 5.91 Å². The minimum atomic E-state index is -0.504. The van der Waals surface area contributed by atoms with Gasteiger partial charge in [-0.2, -0.15) is 0 Å². The van der Waals surface area contributed by atoms with Gasteiger partial charge in [-0.3, -0.25) is 14.0 Å². The van der Waals surface area contributed by atoms with Crippen LogP contribution in [0.5, 0.6) is 0 Å². The Bertz CT molecular complexity index is 1150. The molecule has 1 unspecified atom stereocenters. The van der Waals surface area contributed by atoms with Gasteiger partial charge in [-0.25, -0.2) is 0 Å². The molecule has 0 bridgehead atoms. The standard InChI is InChI=1S/C18H15N5O2S2/c1-10(16(25)20-12-8-6-11(7-9-12)15(19)24)26-17-21-22-18-23(17)13-4-2-3-5-14(13)27-18/h2-10H,1H3,(H2,19,24)(H,20,25). The van der Waals surface area contributed by atoms with Crippen molar-refractivity contribution in [2.45, 2.75) is 17.3 Å². The van der Waals surface area contributed by atoms with Crippen LogP contribution in [0.2, 0.25) is 0 Å². The van der Waals surface area contributed by atoms with Crippen LogP contribution in [0.4, 0.5) is 5.69 Å². The summed E-state index contributed by atoms with van der Waals surface area (Å²) in [4.78, 5) is 24.4. The van der Waals surface area contributed by atoms with E-state index in [2.05, 4.69) is 15.5 Å². The van der Waals surface area contributed by atoms with E-state index in [-0.39, 0.29) is 11.2 Å². The van der Waals surface area contributed by atoms with E-state index in [0.717, 1.165) is 15.2 Å². The molecule has 2 heterocycles. The van der Waals surface area contributed by atoms with Gasteiger partial charge in [0, 0.05) is 11.3 Å². The Hall–Kier alpha value is -2.91. The number of hydrogen-bond acceptors (Lipinski definition) is 6. The monoisotopic (exact) mass is 397 g/mol. The highest BCUT2D eigenvalue weighted by Crippen LogP contribution is 2.31. The highest BCUT2D eigenvalue weighted by Gasteiger charge is 2.20. The molecule has 136 valence electrons. The Morgan fingerprint density at radius 3 is 2.63 bits per heavy atom. The molecule has 2 aromatic heterocycles. The van der Waals surface area contributed by atoms with Gasteiger partial charge in [-0.15, -0.1) is 10.2 Å². The molecule has 0 spiro atoms. The lowest BCUT2D eigenvalue weighted by molar-refractivity contribution is -0.115. The summed E-state index contributed by atoms with van der Waals surface area (Å²) in [5, 5.41) is 11.6. The largest absolute Gasteiger partial charge is 0.366 e. The van der Waals surface area contributed by atoms with E-state index in [1.54, 1.807) is 35.6 Å². The van der Waals surface area contributed by atoms with Gasteiger partial charge in [0.25, 0.3) is 0 Å². The number of carbonyl (C=O) groups is 2. The predicted molar refractivity (Wildman–Crippen MR) is 107 cm³/mol. The first-order valence-corrected chi connectivity index (χ1v) is 9.82. The van der Waals surface area contributed by atoms with Crippen LogP contribution in [-0.2, 0) is 4.79 Å². The number of nitrogens with two attached hydrogens (primary N) is 1. The number of para-hydroxylation sites is 1. The number of thioether (sulfide) groups is 1. The summed E-state index contributed by atoms with van der Waals surface area (Å²) in [6.45, 7) is 1.81. The lowest BCUT2D eigenvalue weighted by Gasteiger charge is -2.11. The van der Waals surface area contributed by atoms with Crippen LogP contribution in [0, 0.1) is 0 Å². The quantitative estimate of drug-likeness (QED) is 0.504. The third kappa shape index (κ3) is 3.38. The minimum Gasteiger partial charge on any atom is -0.366 e. The summed E-state index contributed by atoms with van der Waals surface area (Å²) in [7, 11) is 0. The van der Waals surface area contributed by atoms with Crippen molar-refractivity contribution in [3.63, 3.8) is 0 Å². The Morgan fingerprint density at radius 2 is 1.89 bits per heavy atom. The second-order valence-electron chi connectivity index (χ2n) is 5.86. The molecule has 4 aromatic rings. The molecule has 0 aliphatic rings. The maximum absolute atomic E-state index is 12.5. The predicted octanol–water partition coefficient (Wildman–Crippen LogP) is 3.16. The normalized spacial score (nSPS) is 12.3. The van der Waals surface area contributed by atoms with Crippen molar-refractivity contribution < 1.29 is 9.59 Å². The summed E-state index contributed by atoms with van der Waals surface area (Å²) in [5.41, 5.74) is 7.24. The molecular formula is C18H15N5O2S2. The van der Waals surface area contributed by atoms with Crippen molar-refractivity contribution in [2.75, 3.05) is 5.32 Å². The third-order valence-corrected chi connectivity index (χ3v) is 6.05. The number of hydrogen-bond donors (Lipinski definition) is 2. The number of amides is 2. The minimum absolute atomic E-state index is 0.164. The van der Waals surface area contributed by atoms with Gasteiger partial charge >= 0.3 is 0 Å². The number of nitrogens with zero attached hydrogens (tertiary/aromatic N) is 3. The van der Waals surface area contributed by atoms with Crippen LogP contribution in [-0.4, -0.2) is 31.7 Å². The fourth-order valence-electron chi connectivity index (χ4n) is 2.61. The highest BCUT2D eigenvalue weighted by atomic mass is 32.2. The van der Waals surface area contributed by atoms with Crippen molar-refractivity contribution >= 4 is 55.8 Å². The smallest absolute Gasteiger partial charge is 0.248 e. The topological polar surface area (TPSA) is 102 Å². The van der Waals surface area contributed by atoms with Crippen molar-refractivity contribution in [3.05, 3.63) is 54.1 Å². The Kier molecular flexibility index (Phi) is 4.54. The Morgan fingerprint density at radius 1 is 1.15 bits per heavy atom. The van der Waals surface area contributed by atoms with Gasteiger partial charge in [0.2, 0.25) is 16.8 Å². The van der Waals surface area contributed by atoms with Gasteiger partial charge in [0.15, 0.2) is 5.16 Å². The average Bonchev–Trinajstić information content (AvgIpc) is 3.22. The fraction of sp³-hybridized carbons (Fsp3) is 0.111. The molecule has 0 saturated carbocycles. The van der Waals surface area contributed by atoms with E-state index in [1.165, 1.54) is 11.8 Å². The SMILES string of the molecule is CC(Sc1nnc2sc3ccccc3n12)C(=O)Nc1ccc(C(N)=O)cc1. The molecule has 4 rings (SSSR count). The van der Waals surface area contributed by atoms with Crippen LogP contribution >= 0.6 is 23.1 Å². The number of aromatic nitrogens is 3. The van der Waals surface area contributed by atoms with Crippen LogP contribution in [0.1, 0.15) is 17.3 Å². The van der Waals surface area contributed by atoms with Crippen molar-refractivity contribution in [2.24, 2.45) is 5.73 Å². The second-order valence-corrected chi connectivity index (χ2v) is 8.18. The number of benzene rings is 2. The van der Waals surface area contributed by atoms with Gasteiger partial charge in [0.05, 0.1) is 15.5 Å². The zero-order valence-corrected chi connectivity index (χ0v) is 15.9. The first-order valence-electron chi connectivity index (χ1n) is 8.13. The summed E-state index contributed by atoms with van der Waals surface area (Å²) >= 11 is 2.91. The zero-order chi connectivity index (χ0) is 19.0. The van der Waals surface area contributed by atoms with Crippen molar-refractivity contribution in [1.29, 1.82) is 0 Å². The maximum Gasteiger partial charge on any atom is 0.248 e. The molecule has 3 N–H and O–H groups in total. The van der Waals surface area contributed by atoms with Crippen molar-refractivity contribution in [1.82, 2.24) is 14.6 Å². The van der Waals surface area contributed by atoms with E-state index in [1.807, 2.05) is 35.6 Å². The zero-order valence-electron chi connectivity index (χ0n) is 14.2. The summed E-state index contributed by atoms with van der Waals surface area (Å²) in [6.07, 6.45) is 0. The van der Waals surface area contributed by atoms with Gasteiger partial charge < -0.3 is 11.1 Å². The lowest BCUT2D eigenvalue weighted by atomic mass is 10.2. The molecule has 2 amide bonds. The van der Waals surface area contributed by atoms with Crippen LogP contribution in [0.25, 0.3) is 15.2 Å². The van der Waals surface area contributed by atoms with Crippen LogP contribution < -0.4 is 11.1 Å². The van der Waals surface area contributed by atoms with Gasteiger partial charge in [-0.05, 0) is 43.3 Å². The molecule has 2 aromatic carbocycles. The molecule has 9 heteroatoms. The lowest BCUT2D eigenvalue weighted by Crippen LogP contribution is -2.22. The van der Waals surface area contributed by atoms with Gasteiger partial charge in [0.1, 0.15) is 0 Å². The molecule has 0 aliphatic carbocycles. The first kappa shape index (κ1) is 17.5. The first-order chi connectivity index (χ1) is 13.0. The molecule has 1 atom stereocenters. The Labute approximate surface area is 162 Å². The number of thiazole rings is 1. The van der Waals surface area contributed by atoms with E-state index >= 15 is 0 Å². The van der Waals surface area contributed by atoms with Crippen LogP contribution in [0.15, 0.2) is 53.7 Å². The Balaban J connectivity index is 1.51. The molecule has 27 heavy (non-hydrogen) atoms. The molecule has 0 saturated heterocycles. The molecule has 0 fully saturated rings. The third-order valence-electron chi connectivity index (χ3n) is 4.00.